The van der Waals surface area contributed by atoms with Gasteiger partial charge in [-0.15, -0.1) is 11.3 Å². The highest BCUT2D eigenvalue weighted by atomic mass is 32.1. The van der Waals surface area contributed by atoms with Crippen LogP contribution in [0.5, 0.6) is 0 Å². The highest BCUT2D eigenvalue weighted by molar-refractivity contribution is 7.26. The fourth-order valence-corrected chi connectivity index (χ4v) is 9.74. The Hall–Kier alpha value is -7.00. The van der Waals surface area contributed by atoms with Crippen molar-refractivity contribution >= 4 is 80.9 Å². The molecule has 1 heterocycles. The molecule has 0 saturated carbocycles. The Morgan fingerprint density at radius 3 is 1.68 bits per heavy atom. The van der Waals surface area contributed by atoms with Crippen LogP contribution in [0.3, 0.4) is 0 Å². The van der Waals surface area contributed by atoms with Gasteiger partial charge in [-0.2, -0.15) is 0 Å². The SMILES string of the molecule is c1cc(-c2cccc3ccccc23)cc(N(c2ccc(-c3ccc4c(ccc5ccccc54)c3)cc2)c2ccc(-c3cccc4c3sc3ccccc34)cc2)c1. The van der Waals surface area contributed by atoms with Crippen molar-refractivity contribution in [2.24, 2.45) is 0 Å². The molecule has 10 aromatic carbocycles. The van der Waals surface area contributed by atoms with Crippen molar-refractivity contribution in [3.8, 4) is 33.4 Å². The molecule has 1 aromatic heterocycles. The molecule has 2 heteroatoms. The quantitative estimate of drug-likeness (QED) is 0.154. The minimum atomic E-state index is 1.11. The lowest BCUT2D eigenvalue weighted by Gasteiger charge is -2.26. The van der Waals surface area contributed by atoms with E-state index in [2.05, 4.69) is 217 Å². The molecule has 0 unspecified atom stereocenters. The molecule has 0 fully saturated rings. The lowest BCUT2D eigenvalue weighted by molar-refractivity contribution is 1.28. The highest BCUT2D eigenvalue weighted by Crippen LogP contribution is 2.43. The molecule has 0 aliphatic rings. The van der Waals surface area contributed by atoms with Crippen LogP contribution in [0.1, 0.15) is 0 Å². The number of thiophene rings is 1. The zero-order chi connectivity index (χ0) is 37.0. The van der Waals surface area contributed by atoms with Crippen molar-refractivity contribution in [1.82, 2.24) is 0 Å². The molecule has 0 spiro atoms. The fourth-order valence-electron chi connectivity index (χ4n) is 8.50. The van der Waals surface area contributed by atoms with Crippen molar-refractivity contribution in [3.05, 3.63) is 212 Å². The van der Waals surface area contributed by atoms with Crippen LogP contribution in [-0.2, 0) is 0 Å². The van der Waals surface area contributed by atoms with E-state index in [-0.39, 0.29) is 0 Å². The first-order chi connectivity index (χ1) is 27.7. The van der Waals surface area contributed by atoms with Gasteiger partial charge in [0.1, 0.15) is 0 Å². The molecular weight excluding hydrogens is 695 g/mol. The molecule has 0 amide bonds. The zero-order valence-electron chi connectivity index (χ0n) is 30.6. The summed E-state index contributed by atoms with van der Waals surface area (Å²) in [5, 5.41) is 10.2. The second-order valence-corrected chi connectivity index (χ2v) is 15.6. The molecule has 0 radical (unpaired) electrons. The normalized spacial score (nSPS) is 11.6. The summed E-state index contributed by atoms with van der Waals surface area (Å²) < 4.78 is 2.66. The van der Waals surface area contributed by atoms with E-state index in [1.165, 1.54) is 85.9 Å². The molecule has 0 aliphatic heterocycles. The Labute approximate surface area is 330 Å². The number of hydrogen-bond donors (Lipinski definition) is 0. The predicted octanol–water partition coefficient (Wildman–Crippen LogP) is 16.0. The maximum absolute atomic E-state index is 2.38. The van der Waals surface area contributed by atoms with Gasteiger partial charge in [-0.3, -0.25) is 0 Å². The van der Waals surface area contributed by atoms with Crippen LogP contribution in [0, 0.1) is 0 Å². The van der Waals surface area contributed by atoms with E-state index >= 15 is 0 Å². The fraction of sp³-hybridized carbons (Fsp3) is 0. The molecule has 0 aliphatic carbocycles. The van der Waals surface area contributed by atoms with Gasteiger partial charge in [0.25, 0.3) is 0 Å². The summed E-state index contributed by atoms with van der Waals surface area (Å²) in [4.78, 5) is 2.38. The summed E-state index contributed by atoms with van der Waals surface area (Å²) in [5.41, 5.74) is 10.6. The third kappa shape index (κ3) is 5.54. The maximum Gasteiger partial charge on any atom is 0.0467 e. The third-order valence-corrected chi connectivity index (χ3v) is 12.5. The van der Waals surface area contributed by atoms with E-state index in [1.54, 1.807) is 0 Å². The standard InChI is InChI=1S/C54H35NS/c1-3-15-46-37(10-1)12-8-18-48(46)41-13-7-14-45(35-41)55(44-31-26-39(27-32-44)50-19-9-20-52-51-17-5-6-21-53(51)56-54(50)52)43-29-24-36(25-30-43)40-28-33-49-42(34-40)23-22-38-11-2-4-16-47(38)49/h1-35H. The molecular formula is C54H35NS. The van der Waals surface area contributed by atoms with E-state index < -0.39 is 0 Å². The highest BCUT2D eigenvalue weighted by Gasteiger charge is 2.16. The summed E-state index contributed by atoms with van der Waals surface area (Å²) in [5.74, 6) is 0. The maximum atomic E-state index is 2.38. The van der Waals surface area contributed by atoms with Crippen LogP contribution in [0.2, 0.25) is 0 Å². The predicted molar refractivity (Wildman–Crippen MR) is 243 cm³/mol. The zero-order valence-corrected chi connectivity index (χ0v) is 31.4. The average Bonchev–Trinajstić information content (AvgIpc) is 3.66. The van der Waals surface area contributed by atoms with Crippen LogP contribution in [-0.4, -0.2) is 0 Å². The average molecular weight is 730 g/mol. The largest absolute Gasteiger partial charge is 0.310 e. The molecule has 11 rings (SSSR count). The lowest BCUT2D eigenvalue weighted by Crippen LogP contribution is -2.10. The van der Waals surface area contributed by atoms with Gasteiger partial charge >= 0.3 is 0 Å². The second kappa shape index (κ2) is 13.4. The summed E-state index contributed by atoms with van der Waals surface area (Å²) in [7, 11) is 0. The Morgan fingerprint density at radius 1 is 0.286 bits per heavy atom. The number of hydrogen-bond acceptors (Lipinski definition) is 2. The van der Waals surface area contributed by atoms with E-state index in [0.29, 0.717) is 0 Å². The molecule has 0 saturated heterocycles. The minimum Gasteiger partial charge on any atom is -0.310 e. The van der Waals surface area contributed by atoms with Crippen molar-refractivity contribution in [2.75, 3.05) is 4.90 Å². The Kier molecular flexibility index (Phi) is 7.75. The lowest BCUT2D eigenvalue weighted by atomic mass is 9.97. The minimum absolute atomic E-state index is 1.11. The van der Waals surface area contributed by atoms with Gasteiger partial charge < -0.3 is 4.90 Å². The van der Waals surface area contributed by atoms with E-state index in [1.807, 2.05) is 11.3 Å². The summed E-state index contributed by atoms with van der Waals surface area (Å²) in [6.45, 7) is 0. The first kappa shape index (κ1) is 32.4. The first-order valence-electron chi connectivity index (χ1n) is 19.2. The summed E-state index contributed by atoms with van der Waals surface area (Å²) in [6.07, 6.45) is 0. The number of fused-ring (bicyclic) bond motifs is 7. The van der Waals surface area contributed by atoms with Crippen LogP contribution in [0.4, 0.5) is 17.1 Å². The van der Waals surface area contributed by atoms with Gasteiger partial charge in [0.2, 0.25) is 0 Å². The van der Waals surface area contributed by atoms with Crippen molar-refractivity contribution < 1.29 is 0 Å². The number of benzene rings is 10. The summed E-state index contributed by atoms with van der Waals surface area (Å²) in [6, 6.07) is 77.7. The molecule has 0 atom stereocenters. The van der Waals surface area contributed by atoms with Crippen LogP contribution >= 0.6 is 11.3 Å². The topological polar surface area (TPSA) is 3.24 Å². The Morgan fingerprint density at radius 2 is 0.857 bits per heavy atom. The third-order valence-electron chi connectivity index (χ3n) is 11.2. The Bertz CT molecular complexity index is 3240. The van der Waals surface area contributed by atoms with Crippen LogP contribution < -0.4 is 4.90 Å². The van der Waals surface area contributed by atoms with Crippen molar-refractivity contribution in [2.45, 2.75) is 0 Å². The first-order valence-corrected chi connectivity index (χ1v) is 20.0. The Balaban J connectivity index is 1.01. The number of anilines is 3. The summed E-state index contributed by atoms with van der Waals surface area (Å²) >= 11 is 1.88. The number of nitrogens with zero attached hydrogens (tertiary/aromatic N) is 1. The monoisotopic (exact) mass is 729 g/mol. The number of rotatable bonds is 6. The molecule has 262 valence electrons. The van der Waals surface area contributed by atoms with E-state index in [0.717, 1.165) is 17.1 Å². The second-order valence-electron chi connectivity index (χ2n) is 14.5. The smallest absolute Gasteiger partial charge is 0.0467 e. The van der Waals surface area contributed by atoms with Crippen molar-refractivity contribution in [3.63, 3.8) is 0 Å². The van der Waals surface area contributed by atoms with Gasteiger partial charge in [0.15, 0.2) is 0 Å². The molecule has 56 heavy (non-hydrogen) atoms. The molecule has 1 nitrogen and oxygen atoms in total. The molecule has 0 bridgehead atoms. The van der Waals surface area contributed by atoms with Gasteiger partial charge in [0.05, 0.1) is 0 Å². The van der Waals surface area contributed by atoms with Crippen LogP contribution in [0.15, 0.2) is 212 Å². The molecule has 11 aromatic rings. The molecule has 0 N–H and O–H groups in total. The van der Waals surface area contributed by atoms with Gasteiger partial charge in [-0.25, -0.2) is 0 Å². The van der Waals surface area contributed by atoms with Gasteiger partial charge in [-0.1, -0.05) is 164 Å². The van der Waals surface area contributed by atoms with E-state index in [9.17, 15) is 0 Å². The van der Waals surface area contributed by atoms with Crippen molar-refractivity contribution in [1.29, 1.82) is 0 Å². The van der Waals surface area contributed by atoms with Gasteiger partial charge in [-0.05, 0) is 114 Å². The van der Waals surface area contributed by atoms with Crippen LogP contribution in [0.25, 0.3) is 85.9 Å². The van der Waals surface area contributed by atoms with Gasteiger partial charge in [0, 0.05) is 37.2 Å². The van der Waals surface area contributed by atoms with E-state index in [4.69, 9.17) is 0 Å².